The van der Waals surface area contributed by atoms with Crippen LogP contribution in [-0.4, -0.2) is 42.3 Å². The highest BCUT2D eigenvalue weighted by Crippen LogP contribution is 2.36. The zero-order chi connectivity index (χ0) is 14.0. The van der Waals surface area contributed by atoms with Crippen LogP contribution >= 0.6 is 0 Å². The molecule has 108 valence electrons. The number of ether oxygens (including phenoxy) is 3. The SMILES string of the molecule is CCOC(=O)[C@@H]1[C@H]([C@H]2COC(C)(C)O2)CC=C[C@@H]1O. The first kappa shape index (κ1) is 14.5. The average Bonchev–Trinajstić information content (AvgIpc) is 2.69. The molecule has 0 unspecified atom stereocenters. The van der Waals surface area contributed by atoms with Crippen LogP contribution in [0.2, 0.25) is 0 Å². The van der Waals surface area contributed by atoms with Gasteiger partial charge in [0.1, 0.15) is 0 Å². The smallest absolute Gasteiger partial charge is 0.312 e. The molecule has 0 bridgehead atoms. The van der Waals surface area contributed by atoms with Gasteiger partial charge in [-0.05, 0) is 27.2 Å². The zero-order valence-corrected chi connectivity index (χ0v) is 11.7. The second kappa shape index (κ2) is 5.61. The molecule has 0 saturated carbocycles. The molecule has 1 heterocycles. The van der Waals surface area contributed by atoms with Crippen molar-refractivity contribution in [2.24, 2.45) is 11.8 Å². The van der Waals surface area contributed by atoms with Crippen LogP contribution in [0.15, 0.2) is 12.2 Å². The highest BCUT2D eigenvalue weighted by Gasteiger charge is 2.45. The van der Waals surface area contributed by atoms with Crippen LogP contribution < -0.4 is 0 Å². The fourth-order valence-electron chi connectivity index (χ4n) is 2.76. The van der Waals surface area contributed by atoms with Crippen LogP contribution in [0, 0.1) is 11.8 Å². The monoisotopic (exact) mass is 270 g/mol. The van der Waals surface area contributed by atoms with E-state index in [4.69, 9.17) is 14.2 Å². The fourth-order valence-corrected chi connectivity index (χ4v) is 2.76. The third-order valence-corrected chi connectivity index (χ3v) is 3.64. The standard InChI is InChI=1S/C14H22O5/c1-4-17-13(16)12-9(6-5-7-10(12)15)11-8-18-14(2,3)19-11/h5,7,9-12,15H,4,6,8H2,1-3H3/t9-,10-,11+,12+/m0/s1. The summed E-state index contributed by atoms with van der Waals surface area (Å²) in [4.78, 5) is 12.0. The van der Waals surface area contributed by atoms with Gasteiger partial charge in [0.25, 0.3) is 0 Å². The first-order valence-corrected chi connectivity index (χ1v) is 6.77. The molecule has 1 fully saturated rings. The Hall–Kier alpha value is -0.910. The molecular weight excluding hydrogens is 248 g/mol. The second-order valence-electron chi connectivity index (χ2n) is 5.46. The first-order chi connectivity index (χ1) is 8.94. The maximum Gasteiger partial charge on any atom is 0.312 e. The summed E-state index contributed by atoms with van der Waals surface area (Å²) in [5, 5.41) is 10.0. The molecule has 5 heteroatoms. The molecule has 0 aromatic heterocycles. The van der Waals surface area contributed by atoms with Crippen molar-refractivity contribution < 1.29 is 24.1 Å². The molecule has 2 rings (SSSR count). The van der Waals surface area contributed by atoms with Crippen molar-refractivity contribution >= 4 is 5.97 Å². The van der Waals surface area contributed by atoms with Gasteiger partial charge in [0.05, 0.1) is 31.3 Å². The predicted molar refractivity (Wildman–Crippen MR) is 68.3 cm³/mol. The Kier molecular flexibility index (Phi) is 4.28. The van der Waals surface area contributed by atoms with Gasteiger partial charge in [0.15, 0.2) is 5.79 Å². The van der Waals surface area contributed by atoms with Crippen LogP contribution in [0.3, 0.4) is 0 Å². The van der Waals surface area contributed by atoms with Crippen LogP contribution in [0.4, 0.5) is 0 Å². The number of allylic oxidation sites excluding steroid dienone is 1. The Morgan fingerprint density at radius 3 is 2.84 bits per heavy atom. The maximum atomic E-state index is 12.0. The van der Waals surface area contributed by atoms with E-state index in [2.05, 4.69) is 0 Å². The molecule has 5 nitrogen and oxygen atoms in total. The van der Waals surface area contributed by atoms with Crippen molar-refractivity contribution in [2.75, 3.05) is 13.2 Å². The summed E-state index contributed by atoms with van der Waals surface area (Å²) in [6, 6.07) is 0. The molecule has 4 atom stereocenters. The molecule has 1 aliphatic carbocycles. The number of hydrogen-bond acceptors (Lipinski definition) is 5. The lowest BCUT2D eigenvalue weighted by molar-refractivity contribution is -0.165. The lowest BCUT2D eigenvalue weighted by atomic mass is 9.78. The van der Waals surface area contributed by atoms with E-state index < -0.39 is 17.8 Å². The molecule has 0 spiro atoms. The fraction of sp³-hybridized carbons (Fsp3) is 0.786. The topological polar surface area (TPSA) is 65.0 Å². The van der Waals surface area contributed by atoms with Gasteiger partial charge in [-0.25, -0.2) is 0 Å². The van der Waals surface area contributed by atoms with E-state index in [9.17, 15) is 9.90 Å². The average molecular weight is 270 g/mol. The minimum Gasteiger partial charge on any atom is -0.466 e. The molecule has 1 saturated heterocycles. The predicted octanol–water partition coefficient (Wildman–Crippen LogP) is 1.25. The van der Waals surface area contributed by atoms with E-state index >= 15 is 0 Å². The molecule has 0 amide bonds. The number of esters is 1. The Morgan fingerprint density at radius 1 is 1.53 bits per heavy atom. The van der Waals surface area contributed by atoms with Crippen molar-refractivity contribution in [2.45, 2.75) is 45.2 Å². The van der Waals surface area contributed by atoms with Gasteiger partial charge in [-0.3, -0.25) is 4.79 Å². The lowest BCUT2D eigenvalue weighted by Crippen LogP contribution is -2.43. The molecule has 1 N–H and O–H groups in total. The summed E-state index contributed by atoms with van der Waals surface area (Å²) >= 11 is 0. The normalized spacial score (nSPS) is 37.3. The van der Waals surface area contributed by atoms with Gasteiger partial charge in [-0.1, -0.05) is 12.2 Å². The minimum atomic E-state index is -0.815. The zero-order valence-electron chi connectivity index (χ0n) is 11.7. The molecule has 0 aromatic rings. The van der Waals surface area contributed by atoms with Gasteiger partial charge >= 0.3 is 5.97 Å². The number of rotatable bonds is 3. The van der Waals surface area contributed by atoms with E-state index in [0.29, 0.717) is 19.6 Å². The molecule has 1 aliphatic heterocycles. The van der Waals surface area contributed by atoms with Crippen LogP contribution in [0.5, 0.6) is 0 Å². The Morgan fingerprint density at radius 2 is 2.26 bits per heavy atom. The third kappa shape index (κ3) is 3.16. The van der Waals surface area contributed by atoms with E-state index in [-0.39, 0.29) is 18.0 Å². The third-order valence-electron chi connectivity index (χ3n) is 3.64. The summed E-state index contributed by atoms with van der Waals surface area (Å²) in [5.74, 6) is -1.68. The van der Waals surface area contributed by atoms with Crippen molar-refractivity contribution in [3.63, 3.8) is 0 Å². The summed E-state index contributed by atoms with van der Waals surface area (Å²) in [5.41, 5.74) is 0. The lowest BCUT2D eigenvalue weighted by Gasteiger charge is -2.33. The Bertz CT molecular complexity index is 363. The highest BCUT2D eigenvalue weighted by atomic mass is 16.7. The summed E-state index contributed by atoms with van der Waals surface area (Å²) in [6.45, 7) is 6.21. The quantitative estimate of drug-likeness (QED) is 0.617. The van der Waals surface area contributed by atoms with Crippen LogP contribution in [0.1, 0.15) is 27.2 Å². The van der Waals surface area contributed by atoms with E-state index in [1.165, 1.54) is 0 Å². The number of hydrogen-bond donors (Lipinski definition) is 1. The van der Waals surface area contributed by atoms with Gasteiger partial charge < -0.3 is 19.3 Å². The van der Waals surface area contributed by atoms with E-state index in [1.54, 1.807) is 13.0 Å². The van der Waals surface area contributed by atoms with Gasteiger partial charge in [-0.15, -0.1) is 0 Å². The largest absolute Gasteiger partial charge is 0.466 e. The second-order valence-corrected chi connectivity index (χ2v) is 5.46. The number of carbonyl (C=O) groups is 1. The number of aliphatic hydroxyl groups excluding tert-OH is 1. The molecule has 2 aliphatic rings. The molecule has 0 radical (unpaired) electrons. The minimum absolute atomic E-state index is 0.110. The van der Waals surface area contributed by atoms with Crippen molar-refractivity contribution in [3.05, 3.63) is 12.2 Å². The van der Waals surface area contributed by atoms with Crippen LogP contribution in [-0.2, 0) is 19.0 Å². The molecular formula is C14H22O5. The van der Waals surface area contributed by atoms with E-state index in [1.807, 2.05) is 19.9 Å². The Labute approximate surface area is 113 Å². The maximum absolute atomic E-state index is 12.0. The Balaban J connectivity index is 2.13. The summed E-state index contributed by atoms with van der Waals surface area (Å²) in [6.07, 6.45) is 3.22. The number of carbonyl (C=O) groups excluding carboxylic acids is 1. The van der Waals surface area contributed by atoms with Crippen LogP contribution in [0.25, 0.3) is 0 Å². The highest BCUT2D eigenvalue weighted by molar-refractivity contribution is 5.74. The summed E-state index contributed by atoms with van der Waals surface area (Å²) in [7, 11) is 0. The first-order valence-electron chi connectivity index (χ1n) is 6.77. The van der Waals surface area contributed by atoms with Gasteiger partial charge in [0.2, 0.25) is 0 Å². The summed E-state index contributed by atoms with van der Waals surface area (Å²) < 4.78 is 16.4. The van der Waals surface area contributed by atoms with Gasteiger partial charge in [0, 0.05) is 5.92 Å². The van der Waals surface area contributed by atoms with Gasteiger partial charge in [-0.2, -0.15) is 0 Å². The van der Waals surface area contributed by atoms with E-state index in [0.717, 1.165) is 0 Å². The number of aliphatic hydroxyl groups is 1. The molecule has 19 heavy (non-hydrogen) atoms. The van der Waals surface area contributed by atoms with Crippen molar-refractivity contribution in [1.29, 1.82) is 0 Å². The van der Waals surface area contributed by atoms with Crippen molar-refractivity contribution in [1.82, 2.24) is 0 Å². The molecule has 0 aromatic carbocycles. The van der Waals surface area contributed by atoms with Crippen molar-refractivity contribution in [3.8, 4) is 0 Å².